The van der Waals surface area contributed by atoms with Gasteiger partial charge in [0.15, 0.2) is 0 Å². The number of nitrogens with one attached hydrogen (secondary N) is 1. The molecule has 0 fully saturated rings. The molecular formula is C15H21FN2S. The summed E-state index contributed by atoms with van der Waals surface area (Å²) in [6.45, 7) is 5.98. The molecule has 0 amide bonds. The Balaban J connectivity index is 2.61. The SMILES string of the molecule is CCC(CC)(CNCc1ccc(F)c(C#N)c1)SC. The molecule has 0 saturated carbocycles. The number of nitrogens with zero attached hydrogens (tertiary/aromatic N) is 1. The first-order chi connectivity index (χ1) is 9.10. The molecule has 0 aliphatic rings. The average Bonchev–Trinajstić information content (AvgIpc) is 2.46. The van der Waals surface area contributed by atoms with Crippen LogP contribution < -0.4 is 5.32 Å². The number of rotatable bonds is 7. The van der Waals surface area contributed by atoms with Gasteiger partial charge in [-0.15, -0.1) is 0 Å². The van der Waals surface area contributed by atoms with E-state index in [-0.39, 0.29) is 10.3 Å². The van der Waals surface area contributed by atoms with E-state index in [2.05, 4.69) is 25.4 Å². The molecule has 4 heteroatoms. The Labute approximate surface area is 119 Å². The summed E-state index contributed by atoms with van der Waals surface area (Å²) in [5, 5.41) is 12.2. The standard InChI is InChI=1S/C15H21FN2S/c1-4-15(5-2,19-3)11-18-10-12-6-7-14(16)13(8-12)9-17/h6-8,18H,4-5,10-11H2,1-3H3. The lowest BCUT2D eigenvalue weighted by atomic mass is 10.0. The largest absolute Gasteiger partial charge is 0.311 e. The van der Waals surface area contributed by atoms with Crippen molar-refractivity contribution in [3.05, 3.63) is 35.1 Å². The molecule has 0 aliphatic heterocycles. The number of hydrogen-bond donors (Lipinski definition) is 1. The summed E-state index contributed by atoms with van der Waals surface area (Å²) in [5.41, 5.74) is 1.06. The molecule has 0 saturated heterocycles. The normalized spacial score (nSPS) is 11.3. The first-order valence-electron chi connectivity index (χ1n) is 6.55. The van der Waals surface area contributed by atoms with Gasteiger partial charge in [0.1, 0.15) is 11.9 Å². The van der Waals surface area contributed by atoms with Gasteiger partial charge in [-0.1, -0.05) is 19.9 Å². The van der Waals surface area contributed by atoms with E-state index in [1.165, 1.54) is 6.07 Å². The van der Waals surface area contributed by atoms with Crippen LogP contribution in [0.15, 0.2) is 18.2 Å². The molecule has 0 aliphatic carbocycles. The maximum Gasteiger partial charge on any atom is 0.140 e. The number of nitriles is 1. The van der Waals surface area contributed by atoms with Crippen molar-refractivity contribution in [2.75, 3.05) is 12.8 Å². The zero-order valence-electron chi connectivity index (χ0n) is 11.8. The van der Waals surface area contributed by atoms with Gasteiger partial charge in [-0.25, -0.2) is 4.39 Å². The number of hydrogen-bond acceptors (Lipinski definition) is 3. The Morgan fingerprint density at radius 3 is 2.58 bits per heavy atom. The fourth-order valence-electron chi connectivity index (χ4n) is 2.06. The highest BCUT2D eigenvalue weighted by Gasteiger charge is 2.23. The van der Waals surface area contributed by atoms with Crippen LogP contribution in [-0.2, 0) is 6.54 Å². The monoisotopic (exact) mass is 280 g/mol. The highest BCUT2D eigenvalue weighted by atomic mass is 32.2. The van der Waals surface area contributed by atoms with Crippen molar-refractivity contribution in [3.63, 3.8) is 0 Å². The summed E-state index contributed by atoms with van der Waals surface area (Å²) >= 11 is 1.89. The molecule has 0 spiro atoms. The lowest BCUT2D eigenvalue weighted by Crippen LogP contribution is -2.36. The molecule has 2 nitrogen and oxygen atoms in total. The summed E-state index contributed by atoms with van der Waals surface area (Å²) in [7, 11) is 0. The van der Waals surface area contributed by atoms with Crippen LogP contribution in [0.2, 0.25) is 0 Å². The third-order valence-electron chi connectivity index (χ3n) is 3.65. The van der Waals surface area contributed by atoms with Crippen molar-refractivity contribution in [1.82, 2.24) is 5.32 Å². The van der Waals surface area contributed by atoms with E-state index in [0.717, 1.165) is 24.9 Å². The van der Waals surface area contributed by atoms with Gasteiger partial charge in [0.25, 0.3) is 0 Å². The van der Waals surface area contributed by atoms with E-state index in [0.29, 0.717) is 6.54 Å². The molecule has 1 aromatic rings. The molecule has 104 valence electrons. The first-order valence-corrected chi connectivity index (χ1v) is 7.77. The molecule has 1 N–H and O–H groups in total. The minimum Gasteiger partial charge on any atom is -0.311 e. The molecule has 0 bridgehead atoms. The van der Waals surface area contributed by atoms with E-state index in [4.69, 9.17) is 5.26 Å². The predicted octanol–water partition coefficient (Wildman–Crippen LogP) is 3.71. The Morgan fingerprint density at radius 1 is 1.37 bits per heavy atom. The first kappa shape index (κ1) is 16.0. The summed E-state index contributed by atoms with van der Waals surface area (Å²) in [6.07, 6.45) is 4.37. The molecule has 0 aromatic heterocycles. The average molecular weight is 280 g/mol. The van der Waals surface area contributed by atoms with Crippen LogP contribution in [0.25, 0.3) is 0 Å². The third-order valence-corrected chi connectivity index (χ3v) is 5.24. The van der Waals surface area contributed by atoms with Gasteiger partial charge in [0.05, 0.1) is 5.56 Å². The second-order valence-corrected chi connectivity index (χ2v) is 5.90. The smallest absolute Gasteiger partial charge is 0.140 e. The molecule has 0 unspecified atom stereocenters. The minimum absolute atomic E-state index is 0.112. The molecule has 19 heavy (non-hydrogen) atoms. The molecule has 0 radical (unpaired) electrons. The Morgan fingerprint density at radius 2 is 2.05 bits per heavy atom. The molecule has 1 aromatic carbocycles. The minimum atomic E-state index is -0.452. The number of benzene rings is 1. The van der Waals surface area contributed by atoms with E-state index in [9.17, 15) is 4.39 Å². The van der Waals surface area contributed by atoms with Crippen molar-refractivity contribution in [2.24, 2.45) is 0 Å². The summed E-state index contributed by atoms with van der Waals surface area (Å²) in [6, 6.07) is 6.56. The highest BCUT2D eigenvalue weighted by Crippen LogP contribution is 2.29. The van der Waals surface area contributed by atoms with Gasteiger partial charge in [0, 0.05) is 17.8 Å². The molecular weight excluding hydrogens is 259 g/mol. The lowest BCUT2D eigenvalue weighted by molar-refractivity contribution is 0.494. The van der Waals surface area contributed by atoms with Crippen LogP contribution in [0.4, 0.5) is 4.39 Å². The predicted molar refractivity (Wildman–Crippen MR) is 79.6 cm³/mol. The van der Waals surface area contributed by atoms with Crippen molar-refractivity contribution in [2.45, 2.75) is 38.0 Å². The fourth-order valence-corrected chi connectivity index (χ4v) is 2.89. The van der Waals surface area contributed by atoms with Crippen LogP contribution >= 0.6 is 11.8 Å². The zero-order valence-corrected chi connectivity index (χ0v) is 12.6. The number of thioether (sulfide) groups is 1. The third kappa shape index (κ3) is 4.22. The van der Waals surface area contributed by atoms with Crippen molar-refractivity contribution >= 4 is 11.8 Å². The van der Waals surface area contributed by atoms with Crippen LogP contribution in [-0.4, -0.2) is 17.5 Å². The second kappa shape index (κ2) is 7.52. The second-order valence-electron chi connectivity index (χ2n) is 4.62. The van der Waals surface area contributed by atoms with E-state index >= 15 is 0 Å². The lowest BCUT2D eigenvalue weighted by Gasteiger charge is -2.30. The zero-order chi connectivity index (χ0) is 14.3. The molecule has 0 heterocycles. The summed E-state index contributed by atoms with van der Waals surface area (Å²) in [4.78, 5) is 0. The van der Waals surface area contributed by atoms with E-state index in [1.807, 2.05) is 17.8 Å². The highest BCUT2D eigenvalue weighted by molar-refractivity contribution is 8.00. The van der Waals surface area contributed by atoms with E-state index < -0.39 is 5.82 Å². The molecule has 1 rings (SSSR count). The Bertz CT molecular complexity index is 442. The summed E-state index contributed by atoms with van der Waals surface area (Å²) < 4.78 is 13.5. The van der Waals surface area contributed by atoms with Gasteiger partial charge in [-0.05, 0) is 36.8 Å². The maximum absolute atomic E-state index is 13.2. The van der Waals surface area contributed by atoms with Crippen molar-refractivity contribution < 1.29 is 4.39 Å². The topological polar surface area (TPSA) is 35.8 Å². The van der Waals surface area contributed by atoms with Crippen LogP contribution in [0.5, 0.6) is 0 Å². The van der Waals surface area contributed by atoms with Gasteiger partial charge < -0.3 is 5.32 Å². The van der Waals surface area contributed by atoms with Crippen molar-refractivity contribution in [1.29, 1.82) is 5.26 Å². The van der Waals surface area contributed by atoms with Crippen molar-refractivity contribution in [3.8, 4) is 6.07 Å². The van der Waals surface area contributed by atoms with Gasteiger partial charge >= 0.3 is 0 Å². The Hall–Kier alpha value is -1.05. The van der Waals surface area contributed by atoms with Gasteiger partial charge in [-0.2, -0.15) is 17.0 Å². The maximum atomic E-state index is 13.2. The van der Waals surface area contributed by atoms with Crippen LogP contribution in [0.1, 0.15) is 37.8 Å². The van der Waals surface area contributed by atoms with Crippen LogP contribution in [0, 0.1) is 17.1 Å². The Kier molecular flexibility index (Phi) is 6.33. The van der Waals surface area contributed by atoms with Crippen LogP contribution in [0.3, 0.4) is 0 Å². The quantitative estimate of drug-likeness (QED) is 0.827. The fraction of sp³-hybridized carbons (Fsp3) is 0.533. The summed E-state index contributed by atoms with van der Waals surface area (Å²) in [5.74, 6) is -0.452. The van der Waals surface area contributed by atoms with Gasteiger partial charge in [0.2, 0.25) is 0 Å². The molecule has 0 atom stereocenters. The van der Waals surface area contributed by atoms with E-state index in [1.54, 1.807) is 12.1 Å². The van der Waals surface area contributed by atoms with Gasteiger partial charge in [-0.3, -0.25) is 0 Å². The number of halogens is 1.